The largest absolute Gasteiger partial charge is 0.493 e. The molecular weight excluding hydrogens is 573 g/mol. The number of piperidine rings is 1. The van der Waals surface area contributed by atoms with Gasteiger partial charge >= 0.3 is 0 Å². The second kappa shape index (κ2) is 12.8. The molecular formula is C29H26Cl3N5O3. The van der Waals surface area contributed by atoms with Gasteiger partial charge in [0.1, 0.15) is 23.6 Å². The molecule has 40 heavy (non-hydrogen) atoms. The summed E-state index contributed by atoms with van der Waals surface area (Å²) >= 11 is 19.1. The van der Waals surface area contributed by atoms with Gasteiger partial charge in [-0.2, -0.15) is 5.26 Å². The zero-order chi connectivity index (χ0) is 28.1. The van der Waals surface area contributed by atoms with E-state index in [0.29, 0.717) is 78.5 Å². The summed E-state index contributed by atoms with van der Waals surface area (Å²) in [6.07, 6.45) is 3.65. The number of rotatable bonds is 9. The Bertz CT molecular complexity index is 1570. The van der Waals surface area contributed by atoms with Gasteiger partial charge in [-0.1, -0.05) is 40.9 Å². The van der Waals surface area contributed by atoms with Crippen LogP contribution in [0.5, 0.6) is 17.2 Å². The maximum Gasteiger partial charge on any atom is 0.163 e. The van der Waals surface area contributed by atoms with Gasteiger partial charge in [0.05, 0.1) is 51.9 Å². The van der Waals surface area contributed by atoms with Gasteiger partial charge in [-0.3, -0.25) is 4.98 Å². The highest BCUT2D eigenvalue weighted by atomic mass is 35.5. The van der Waals surface area contributed by atoms with E-state index >= 15 is 0 Å². The minimum absolute atomic E-state index is 0.165. The molecule has 206 valence electrons. The van der Waals surface area contributed by atoms with E-state index in [-0.39, 0.29) is 6.61 Å². The predicted octanol–water partition coefficient (Wildman–Crippen LogP) is 7.17. The molecule has 1 aliphatic rings. The van der Waals surface area contributed by atoms with Crippen LogP contribution in [0.15, 0.2) is 48.7 Å². The number of nitrogens with zero attached hydrogens (tertiary/aromatic N) is 3. The fourth-order valence-corrected chi connectivity index (χ4v) is 5.10. The van der Waals surface area contributed by atoms with Crippen molar-refractivity contribution in [2.45, 2.75) is 19.4 Å². The number of fused-ring (bicyclic) bond motifs is 1. The number of hydrogen-bond donors (Lipinski definition) is 2. The monoisotopic (exact) mass is 597 g/mol. The Morgan fingerprint density at radius 3 is 2.60 bits per heavy atom. The Hall–Kier alpha value is -3.48. The first-order chi connectivity index (χ1) is 19.4. The Balaban J connectivity index is 1.41. The van der Waals surface area contributed by atoms with Crippen LogP contribution in [0.4, 0.5) is 11.4 Å². The van der Waals surface area contributed by atoms with Crippen LogP contribution in [-0.4, -0.2) is 36.8 Å². The first-order valence-electron chi connectivity index (χ1n) is 12.7. The molecule has 1 fully saturated rings. The summed E-state index contributed by atoms with van der Waals surface area (Å²) in [5, 5.41) is 18.2. The van der Waals surface area contributed by atoms with Crippen molar-refractivity contribution in [3.05, 3.63) is 75.1 Å². The number of nitrogens with one attached hydrogen (secondary N) is 2. The molecule has 0 aliphatic carbocycles. The summed E-state index contributed by atoms with van der Waals surface area (Å²) in [5.74, 6) is 2.02. The maximum atomic E-state index is 9.85. The van der Waals surface area contributed by atoms with Crippen molar-refractivity contribution in [3.63, 3.8) is 0 Å². The zero-order valence-corrected chi connectivity index (χ0v) is 23.9. The van der Waals surface area contributed by atoms with Gasteiger partial charge < -0.3 is 24.8 Å². The second-order valence-electron chi connectivity index (χ2n) is 9.31. The highest BCUT2D eigenvalue weighted by Crippen LogP contribution is 2.40. The smallest absolute Gasteiger partial charge is 0.163 e. The summed E-state index contributed by atoms with van der Waals surface area (Å²) in [4.78, 5) is 8.71. The molecule has 8 nitrogen and oxygen atoms in total. The van der Waals surface area contributed by atoms with E-state index < -0.39 is 0 Å². The van der Waals surface area contributed by atoms with Crippen molar-refractivity contribution in [1.29, 1.82) is 5.26 Å². The van der Waals surface area contributed by atoms with Gasteiger partial charge in [-0.25, -0.2) is 4.98 Å². The van der Waals surface area contributed by atoms with Crippen molar-refractivity contribution >= 4 is 57.1 Å². The minimum Gasteiger partial charge on any atom is -0.493 e. The molecule has 2 N–H and O–H groups in total. The van der Waals surface area contributed by atoms with Crippen LogP contribution in [0.1, 0.15) is 24.1 Å². The summed E-state index contributed by atoms with van der Waals surface area (Å²) in [7, 11) is 1.58. The number of halogens is 3. The summed E-state index contributed by atoms with van der Waals surface area (Å²) in [6, 6.07) is 14.4. The van der Waals surface area contributed by atoms with Crippen LogP contribution in [-0.2, 0) is 6.61 Å². The first kappa shape index (κ1) is 28.1. The molecule has 0 radical (unpaired) electrons. The lowest BCUT2D eigenvalue weighted by Crippen LogP contribution is -2.30. The number of hydrogen-bond acceptors (Lipinski definition) is 8. The highest BCUT2D eigenvalue weighted by molar-refractivity contribution is 6.36. The van der Waals surface area contributed by atoms with Gasteiger partial charge in [0.15, 0.2) is 11.5 Å². The molecule has 3 heterocycles. The van der Waals surface area contributed by atoms with Crippen LogP contribution in [0.25, 0.3) is 10.9 Å². The van der Waals surface area contributed by atoms with Gasteiger partial charge in [0, 0.05) is 23.7 Å². The molecule has 1 aliphatic heterocycles. The van der Waals surface area contributed by atoms with Crippen molar-refractivity contribution in [2.75, 3.05) is 32.1 Å². The second-order valence-corrected chi connectivity index (χ2v) is 10.5. The van der Waals surface area contributed by atoms with Crippen LogP contribution < -0.4 is 24.8 Å². The number of methoxy groups -OCH3 is 1. The standard InChI is InChI=1S/C29H26Cl3N5O3/c1-38-26-9-20-23(12-27(26)39-15-17-5-7-34-8-6-17)35-14-18(13-33)29(20)37-24-10-22(31)25(11-21(24)30)40-16-19-3-2-4-28(32)36-19/h2-4,9-12,14,17,34H,5-8,15-16H2,1H3,(H,35,37). The number of benzene rings is 2. The van der Waals surface area contributed by atoms with Crippen molar-refractivity contribution in [3.8, 4) is 23.3 Å². The number of pyridine rings is 2. The molecule has 11 heteroatoms. The topological polar surface area (TPSA) is 101 Å². The van der Waals surface area contributed by atoms with E-state index in [2.05, 4.69) is 26.7 Å². The number of ether oxygens (including phenoxy) is 3. The molecule has 0 saturated carbocycles. The Morgan fingerprint density at radius 1 is 1.02 bits per heavy atom. The van der Waals surface area contributed by atoms with Gasteiger partial charge in [0.2, 0.25) is 0 Å². The number of aromatic nitrogens is 2. The molecule has 0 bridgehead atoms. The van der Waals surface area contributed by atoms with Crippen molar-refractivity contribution in [1.82, 2.24) is 15.3 Å². The van der Waals surface area contributed by atoms with E-state index in [1.54, 1.807) is 37.4 Å². The first-order valence-corrected chi connectivity index (χ1v) is 13.8. The average Bonchev–Trinajstić information content (AvgIpc) is 2.97. The zero-order valence-electron chi connectivity index (χ0n) is 21.6. The van der Waals surface area contributed by atoms with Gasteiger partial charge in [-0.15, -0.1) is 0 Å². The molecule has 1 saturated heterocycles. The lowest BCUT2D eigenvalue weighted by atomic mass is 9.99. The summed E-state index contributed by atoms with van der Waals surface area (Å²) in [6.45, 7) is 2.75. The average molecular weight is 599 g/mol. The van der Waals surface area contributed by atoms with Crippen LogP contribution in [0.3, 0.4) is 0 Å². The maximum absolute atomic E-state index is 9.85. The quantitative estimate of drug-likeness (QED) is 0.196. The molecule has 0 unspecified atom stereocenters. The van der Waals surface area contributed by atoms with E-state index in [9.17, 15) is 5.26 Å². The van der Waals surface area contributed by atoms with E-state index in [4.69, 9.17) is 49.0 Å². The molecule has 0 atom stereocenters. The molecule has 2 aromatic heterocycles. The lowest BCUT2D eigenvalue weighted by molar-refractivity contribution is 0.208. The number of anilines is 2. The van der Waals surface area contributed by atoms with Crippen molar-refractivity contribution < 1.29 is 14.2 Å². The Kier molecular flexibility index (Phi) is 8.98. The minimum atomic E-state index is 0.165. The van der Waals surface area contributed by atoms with Crippen LogP contribution >= 0.6 is 34.8 Å². The fourth-order valence-electron chi connectivity index (χ4n) is 4.50. The third-order valence-corrected chi connectivity index (χ3v) is 7.46. The lowest BCUT2D eigenvalue weighted by Gasteiger charge is -2.23. The van der Waals surface area contributed by atoms with Gasteiger partial charge in [-0.05, 0) is 56.1 Å². The normalized spacial score (nSPS) is 13.6. The number of nitriles is 1. The predicted molar refractivity (Wildman–Crippen MR) is 157 cm³/mol. The molecule has 0 spiro atoms. The van der Waals surface area contributed by atoms with E-state index in [1.807, 2.05) is 12.1 Å². The SMILES string of the molecule is COc1cc2c(Nc3cc(Cl)c(OCc4cccc(Cl)n4)cc3Cl)c(C#N)cnc2cc1OCC1CCNCC1. The van der Waals surface area contributed by atoms with Crippen LogP contribution in [0, 0.1) is 17.2 Å². The van der Waals surface area contributed by atoms with E-state index in [0.717, 1.165) is 25.9 Å². The van der Waals surface area contributed by atoms with E-state index in [1.165, 1.54) is 6.20 Å². The van der Waals surface area contributed by atoms with Gasteiger partial charge in [0.25, 0.3) is 0 Å². The highest BCUT2D eigenvalue weighted by Gasteiger charge is 2.19. The third kappa shape index (κ3) is 6.45. The summed E-state index contributed by atoms with van der Waals surface area (Å²) < 4.78 is 17.6. The third-order valence-electron chi connectivity index (χ3n) is 6.64. The summed E-state index contributed by atoms with van der Waals surface area (Å²) in [5.41, 5.74) is 2.63. The molecule has 4 aromatic rings. The van der Waals surface area contributed by atoms with Crippen molar-refractivity contribution in [2.24, 2.45) is 5.92 Å². The molecule has 5 rings (SSSR count). The Morgan fingerprint density at radius 2 is 1.85 bits per heavy atom. The molecule has 0 amide bonds. The Labute approximate surface area is 247 Å². The fraction of sp³-hybridized carbons (Fsp3) is 0.276. The molecule has 2 aromatic carbocycles. The van der Waals surface area contributed by atoms with Crippen LogP contribution in [0.2, 0.25) is 15.2 Å².